The van der Waals surface area contributed by atoms with Crippen molar-refractivity contribution in [1.82, 2.24) is 9.88 Å². The van der Waals surface area contributed by atoms with Crippen LogP contribution in [0.4, 0.5) is 0 Å². The van der Waals surface area contributed by atoms with Crippen molar-refractivity contribution in [3.05, 3.63) is 30.1 Å². The van der Waals surface area contributed by atoms with Crippen LogP contribution in [0.2, 0.25) is 0 Å². The molecule has 1 atom stereocenters. The number of hydrogen-bond donors (Lipinski definition) is 0. The van der Waals surface area contributed by atoms with Gasteiger partial charge in [-0.05, 0) is 31.4 Å². The molecule has 1 unspecified atom stereocenters. The highest BCUT2D eigenvalue weighted by Gasteiger charge is 2.15. The molecule has 0 aliphatic heterocycles. The van der Waals surface area contributed by atoms with Crippen LogP contribution in [-0.4, -0.2) is 28.9 Å². The van der Waals surface area contributed by atoms with Crippen molar-refractivity contribution in [3.63, 3.8) is 0 Å². The summed E-state index contributed by atoms with van der Waals surface area (Å²) >= 11 is 0. The Morgan fingerprint density at radius 2 is 2.12 bits per heavy atom. The number of rotatable bonds is 5. The van der Waals surface area contributed by atoms with E-state index in [4.69, 9.17) is 0 Å². The van der Waals surface area contributed by atoms with Gasteiger partial charge in [0.15, 0.2) is 0 Å². The Kier molecular flexibility index (Phi) is 4.96. The van der Waals surface area contributed by atoms with Crippen molar-refractivity contribution >= 4 is 5.91 Å². The first-order valence-corrected chi connectivity index (χ1v) is 5.86. The first-order chi connectivity index (χ1) is 7.69. The zero-order chi connectivity index (χ0) is 12.0. The van der Waals surface area contributed by atoms with E-state index >= 15 is 0 Å². The molecule has 0 aromatic carbocycles. The Hall–Kier alpha value is -1.38. The fourth-order valence-electron chi connectivity index (χ4n) is 1.75. The van der Waals surface area contributed by atoms with Gasteiger partial charge in [-0.3, -0.25) is 9.78 Å². The first kappa shape index (κ1) is 12.7. The second-order valence-electron chi connectivity index (χ2n) is 3.96. The van der Waals surface area contributed by atoms with E-state index in [0.717, 1.165) is 18.7 Å². The Bertz CT molecular complexity index is 320. The van der Waals surface area contributed by atoms with Crippen molar-refractivity contribution in [3.8, 4) is 0 Å². The largest absolute Gasteiger partial charge is 0.343 e. The molecule has 0 radical (unpaired) electrons. The minimum absolute atomic E-state index is 0.223. The van der Waals surface area contributed by atoms with Gasteiger partial charge >= 0.3 is 0 Å². The Morgan fingerprint density at radius 1 is 1.44 bits per heavy atom. The molecule has 1 heterocycles. The van der Waals surface area contributed by atoms with Crippen molar-refractivity contribution in [1.29, 1.82) is 0 Å². The normalized spacial score (nSPS) is 12.2. The second kappa shape index (κ2) is 6.26. The maximum atomic E-state index is 11.9. The van der Waals surface area contributed by atoms with E-state index < -0.39 is 0 Å². The maximum Gasteiger partial charge on any atom is 0.223 e. The summed E-state index contributed by atoms with van der Waals surface area (Å²) in [4.78, 5) is 17.8. The van der Waals surface area contributed by atoms with Crippen molar-refractivity contribution in [2.45, 2.75) is 33.1 Å². The molecule has 1 aromatic heterocycles. The molecule has 1 rings (SSSR count). The topological polar surface area (TPSA) is 33.2 Å². The van der Waals surface area contributed by atoms with Crippen LogP contribution in [0.15, 0.2) is 24.5 Å². The molecule has 16 heavy (non-hydrogen) atoms. The van der Waals surface area contributed by atoms with Gasteiger partial charge in [-0.15, -0.1) is 0 Å². The highest BCUT2D eigenvalue weighted by Crippen LogP contribution is 2.18. The molecule has 0 N–H and O–H groups in total. The van der Waals surface area contributed by atoms with Gasteiger partial charge in [-0.1, -0.05) is 13.0 Å². The average Bonchev–Trinajstić information content (AvgIpc) is 2.31. The van der Waals surface area contributed by atoms with Crippen LogP contribution < -0.4 is 0 Å². The lowest BCUT2D eigenvalue weighted by Gasteiger charge is -2.20. The first-order valence-electron chi connectivity index (χ1n) is 5.86. The smallest absolute Gasteiger partial charge is 0.223 e. The van der Waals surface area contributed by atoms with Gasteiger partial charge in [0.05, 0.1) is 0 Å². The summed E-state index contributed by atoms with van der Waals surface area (Å²) < 4.78 is 0. The highest BCUT2D eigenvalue weighted by molar-refractivity contribution is 5.77. The fourth-order valence-corrected chi connectivity index (χ4v) is 1.75. The van der Waals surface area contributed by atoms with E-state index in [0.29, 0.717) is 6.42 Å². The third kappa shape index (κ3) is 3.33. The lowest BCUT2D eigenvalue weighted by Crippen LogP contribution is -2.31. The van der Waals surface area contributed by atoms with E-state index in [1.165, 1.54) is 0 Å². The summed E-state index contributed by atoms with van der Waals surface area (Å²) in [7, 11) is 0. The summed E-state index contributed by atoms with van der Waals surface area (Å²) in [5, 5.41) is 0. The van der Waals surface area contributed by atoms with Gasteiger partial charge in [-0.2, -0.15) is 0 Å². The lowest BCUT2D eigenvalue weighted by atomic mass is 9.99. The Labute approximate surface area is 97.5 Å². The van der Waals surface area contributed by atoms with Crippen LogP contribution >= 0.6 is 0 Å². The zero-order valence-electron chi connectivity index (χ0n) is 10.3. The predicted molar refractivity (Wildman–Crippen MR) is 65.2 cm³/mol. The van der Waals surface area contributed by atoms with Gasteiger partial charge in [-0.25, -0.2) is 0 Å². The number of hydrogen-bond acceptors (Lipinski definition) is 2. The van der Waals surface area contributed by atoms with Crippen molar-refractivity contribution in [2.75, 3.05) is 13.1 Å². The number of carbonyl (C=O) groups is 1. The molecule has 1 amide bonds. The van der Waals surface area contributed by atoms with Gasteiger partial charge in [0.1, 0.15) is 0 Å². The average molecular weight is 220 g/mol. The third-order valence-corrected chi connectivity index (χ3v) is 2.85. The molecular weight excluding hydrogens is 200 g/mol. The van der Waals surface area contributed by atoms with Crippen LogP contribution in [-0.2, 0) is 4.79 Å². The van der Waals surface area contributed by atoms with Gasteiger partial charge in [0.25, 0.3) is 0 Å². The molecule has 0 saturated heterocycles. The van der Waals surface area contributed by atoms with E-state index in [1.807, 2.05) is 37.1 Å². The summed E-state index contributed by atoms with van der Waals surface area (Å²) in [6.07, 6.45) is 4.15. The molecule has 3 nitrogen and oxygen atoms in total. The van der Waals surface area contributed by atoms with Crippen LogP contribution in [0.5, 0.6) is 0 Å². The molecule has 1 aromatic rings. The molecular formula is C13H20N2O. The van der Waals surface area contributed by atoms with Crippen LogP contribution in [0, 0.1) is 0 Å². The Balaban J connectivity index is 2.58. The van der Waals surface area contributed by atoms with E-state index in [9.17, 15) is 4.79 Å². The molecule has 0 spiro atoms. The molecule has 88 valence electrons. The third-order valence-electron chi connectivity index (χ3n) is 2.85. The SMILES string of the molecule is CCN(CC)C(=O)CC(C)c1cccnc1. The number of pyridine rings is 1. The van der Waals surface area contributed by atoms with Crippen LogP contribution in [0.25, 0.3) is 0 Å². The summed E-state index contributed by atoms with van der Waals surface area (Å²) in [6, 6.07) is 3.93. The minimum atomic E-state index is 0.223. The second-order valence-corrected chi connectivity index (χ2v) is 3.96. The summed E-state index contributed by atoms with van der Waals surface area (Å²) in [6.45, 7) is 7.66. The molecule has 0 saturated carbocycles. The summed E-state index contributed by atoms with van der Waals surface area (Å²) in [5.41, 5.74) is 1.13. The fraction of sp³-hybridized carbons (Fsp3) is 0.538. The number of amides is 1. The minimum Gasteiger partial charge on any atom is -0.343 e. The van der Waals surface area contributed by atoms with Crippen LogP contribution in [0.3, 0.4) is 0 Å². The quantitative estimate of drug-likeness (QED) is 0.763. The number of nitrogens with zero attached hydrogens (tertiary/aromatic N) is 2. The Morgan fingerprint density at radius 3 is 2.62 bits per heavy atom. The molecule has 0 fully saturated rings. The lowest BCUT2D eigenvalue weighted by molar-refractivity contribution is -0.131. The monoisotopic (exact) mass is 220 g/mol. The highest BCUT2D eigenvalue weighted by atomic mass is 16.2. The van der Waals surface area contributed by atoms with E-state index in [1.54, 1.807) is 6.20 Å². The van der Waals surface area contributed by atoms with Crippen LogP contribution in [0.1, 0.15) is 38.7 Å². The number of aromatic nitrogens is 1. The van der Waals surface area contributed by atoms with Crippen molar-refractivity contribution < 1.29 is 4.79 Å². The zero-order valence-corrected chi connectivity index (χ0v) is 10.3. The number of carbonyl (C=O) groups excluding carboxylic acids is 1. The summed E-state index contributed by atoms with van der Waals surface area (Å²) in [5.74, 6) is 0.461. The van der Waals surface area contributed by atoms with E-state index in [-0.39, 0.29) is 11.8 Å². The van der Waals surface area contributed by atoms with E-state index in [2.05, 4.69) is 11.9 Å². The predicted octanol–water partition coefficient (Wildman–Crippen LogP) is 2.44. The molecule has 0 aliphatic rings. The molecule has 0 aliphatic carbocycles. The van der Waals surface area contributed by atoms with Crippen molar-refractivity contribution in [2.24, 2.45) is 0 Å². The molecule has 3 heteroatoms. The van der Waals surface area contributed by atoms with Gasteiger partial charge in [0.2, 0.25) is 5.91 Å². The maximum absolute atomic E-state index is 11.9. The standard InChI is InChI=1S/C13H20N2O/c1-4-15(5-2)13(16)9-11(3)12-7-6-8-14-10-12/h6-8,10-11H,4-5,9H2,1-3H3. The molecule has 0 bridgehead atoms. The van der Waals surface area contributed by atoms with Gasteiger partial charge in [0, 0.05) is 31.9 Å². The van der Waals surface area contributed by atoms with Gasteiger partial charge < -0.3 is 4.90 Å².